The van der Waals surface area contributed by atoms with Crippen LogP contribution in [0, 0.1) is 5.92 Å². The summed E-state index contributed by atoms with van der Waals surface area (Å²) in [5, 5.41) is 13.8. The minimum absolute atomic E-state index is 0.0897. The van der Waals surface area contributed by atoms with Crippen molar-refractivity contribution >= 4 is 12.0 Å². The molecule has 0 heterocycles. The van der Waals surface area contributed by atoms with Crippen molar-refractivity contribution in [2.75, 3.05) is 6.54 Å². The standard InChI is InChI=1S/C9H18N2O3/c1-6(2)11-9(14)10-5-4-7(3)8(12)13/h6-7H,4-5H2,1-3H3,(H,12,13)(H2,10,11,14). The van der Waals surface area contributed by atoms with Gasteiger partial charge in [0.15, 0.2) is 0 Å². The van der Waals surface area contributed by atoms with Gasteiger partial charge in [-0.15, -0.1) is 0 Å². The molecule has 0 rings (SSSR count). The molecule has 0 aromatic rings. The van der Waals surface area contributed by atoms with Gasteiger partial charge in [-0.25, -0.2) is 4.79 Å². The number of carbonyl (C=O) groups excluding carboxylic acids is 1. The van der Waals surface area contributed by atoms with Crippen molar-refractivity contribution in [2.24, 2.45) is 5.92 Å². The van der Waals surface area contributed by atoms with E-state index in [1.165, 1.54) is 0 Å². The fourth-order valence-electron chi connectivity index (χ4n) is 0.839. The average molecular weight is 202 g/mol. The smallest absolute Gasteiger partial charge is 0.314 e. The van der Waals surface area contributed by atoms with Crippen molar-refractivity contribution in [2.45, 2.75) is 33.2 Å². The Labute approximate surface area is 83.9 Å². The van der Waals surface area contributed by atoms with Crippen molar-refractivity contribution in [1.29, 1.82) is 0 Å². The normalized spacial score (nSPS) is 12.3. The number of carboxylic acid groups (broad SMARTS) is 1. The lowest BCUT2D eigenvalue weighted by Crippen LogP contribution is -2.40. The summed E-state index contributed by atoms with van der Waals surface area (Å²) in [6.45, 7) is 5.72. The van der Waals surface area contributed by atoms with Crippen LogP contribution in [0.3, 0.4) is 0 Å². The van der Waals surface area contributed by atoms with Crippen LogP contribution in [0.25, 0.3) is 0 Å². The molecule has 0 aromatic heterocycles. The van der Waals surface area contributed by atoms with E-state index in [1.807, 2.05) is 13.8 Å². The molecule has 0 radical (unpaired) electrons. The summed E-state index contributed by atoms with van der Waals surface area (Å²) >= 11 is 0. The number of nitrogens with one attached hydrogen (secondary N) is 2. The summed E-state index contributed by atoms with van der Waals surface area (Å²) in [7, 11) is 0. The van der Waals surface area contributed by atoms with Gasteiger partial charge in [0.05, 0.1) is 5.92 Å². The lowest BCUT2D eigenvalue weighted by Gasteiger charge is -2.11. The molecule has 0 aliphatic carbocycles. The highest BCUT2D eigenvalue weighted by molar-refractivity contribution is 5.74. The van der Waals surface area contributed by atoms with E-state index >= 15 is 0 Å². The van der Waals surface area contributed by atoms with Gasteiger partial charge in [0.2, 0.25) is 0 Å². The minimum Gasteiger partial charge on any atom is -0.481 e. The largest absolute Gasteiger partial charge is 0.481 e. The lowest BCUT2D eigenvalue weighted by molar-refractivity contribution is -0.141. The second kappa shape index (κ2) is 6.23. The number of aliphatic carboxylic acids is 1. The van der Waals surface area contributed by atoms with E-state index < -0.39 is 11.9 Å². The number of hydrogen-bond acceptors (Lipinski definition) is 2. The van der Waals surface area contributed by atoms with Crippen LogP contribution >= 0.6 is 0 Å². The van der Waals surface area contributed by atoms with E-state index in [4.69, 9.17) is 5.11 Å². The molecule has 0 aliphatic heterocycles. The Bertz CT molecular complexity index is 204. The van der Waals surface area contributed by atoms with E-state index in [0.717, 1.165) is 0 Å². The van der Waals surface area contributed by atoms with Crippen LogP contribution in [0.4, 0.5) is 4.79 Å². The van der Waals surface area contributed by atoms with Gasteiger partial charge in [-0.1, -0.05) is 6.92 Å². The maximum Gasteiger partial charge on any atom is 0.314 e. The zero-order valence-corrected chi connectivity index (χ0v) is 8.83. The van der Waals surface area contributed by atoms with Gasteiger partial charge in [0.25, 0.3) is 0 Å². The molecule has 82 valence electrons. The molecule has 14 heavy (non-hydrogen) atoms. The van der Waals surface area contributed by atoms with E-state index in [-0.39, 0.29) is 12.1 Å². The van der Waals surface area contributed by atoms with E-state index in [9.17, 15) is 9.59 Å². The first-order valence-electron chi connectivity index (χ1n) is 4.70. The molecule has 0 saturated carbocycles. The molecule has 0 spiro atoms. The second-order valence-corrected chi connectivity index (χ2v) is 3.58. The molecular weight excluding hydrogens is 184 g/mol. The van der Waals surface area contributed by atoms with Gasteiger partial charge >= 0.3 is 12.0 Å². The zero-order valence-electron chi connectivity index (χ0n) is 8.83. The predicted molar refractivity (Wildman–Crippen MR) is 53.1 cm³/mol. The number of amides is 2. The van der Waals surface area contributed by atoms with Crippen LogP contribution in [-0.2, 0) is 4.79 Å². The molecule has 3 N–H and O–H groups in total. The van der Waals surface area contributed by atoms with Gasteiger partial charge < -0.3 is 15.7 Å². The second-order valence-electron chi connectivity index (χ2n) is 3.58. The van der Waals surface area contributed by atoms with Crippen molar-refractivity contribution in [3.05, 3.63) is 0 Å². The molecule has 1 unspecified atom stereocenters. The molecule has 1 atom stereocenters. The van der Waals surface area contributed by atoms with Crippen LogP contribution in [0.5, 0.6) is 0 Å². The molecule has 0 fully saturated rings. The Morgan fingerprint density at radius 1 is 1.29 bits per heavy atom. The summed E-state index contributed by atoms with van der Waals surface area (Å²) in [5.74, 6) is -1.26. The number of urea groups is 1. The van der Waals surface area contributed by atoms with E-state index in [0.29, 0.717) is 13.0 Å². The first-order valence-corrected chi connectivity index (χ1v) is 4.70. The minimum atomic E-state index is -0.837. The van der Waals surface area contributed by atoms with Crippen LogP contribution in [0.2, 0.25) is 0 Å². The zero-order chi connectivity index (χ0) is 11.1. The molecule has 0 bridgehead atoms. The number of carboxylic acids is 1. The number of hydrogen-bond donors (Lipinski definition) is 3. The summed E-state index contributed by atoms with van der Waals surface area (Å²) in [4.78, 5) is 21.5. The molecule has 2 amide bonds. The summed E-state index contributed by atoms with van der Waals surface area (Å²) in [6, 6.07) is -0.163. The lowest BCUT2D eigenvalue weighted by atomic mass is 10.1. The maximum atomic E-state index is 11.0. The topological polar surface area (TPSA) is 78.4 Å². The van der Waals surface area contributed by atoms with Crippen molar-refractivity contribution in [1.82, 2.24) is 10.6 Å². The van der Waals surface area contributed by atoms with Crippen molar-refractivity contribution in [3.63, 3.8) is 0 Å². The summed E-state index contributed by atoms with van der Waals surface area (Å²) < 4.78 is 0. The maximum absolute atomic E-state index is 11.0. The van der Waals surface area contributed by atoms with Crippen molar-refractivity contribution in [3.8, 4) is 0 Å². The Hall–Kier alpha value is -1.26. The van der Waals surface area contributed by atoms with Crippen LogP contribution in [0.1, 0.15) is 27.2 Å². The van der Waals surface area contributed by atoms with E-state index in [1.54, 1.807) is 6.92 Å². The van der Waals surface area contributed by atoms with Gasteiger partial charge in [-0.3, -0.25) is 4.79 Å². The molecule has 0 aliphatic rings. The highest BCUT2D eigenvalue weighted by Crippen LogP contribution is 1.99. The Morgan fingerprint density at radius 2 is 1.86 bits per heavy atom. The first kappa shape index (κ1) is 12.7. The predicted octanol–water partition coefficient (Wildman–Crippen LogP) is 0.805. The third-order valence-electron chi connectivity index (χ3n) is 1.70. The molecule has 5 heteroatoms. The third kappa shape index (κ3) is 6.28. The Kier molecular flexibility index (Phi) is 5.67. The highest BCUT2D eigenvalue weighted by atomic mass is 16.4. The highest BCUT2D eigenvalue weighted by Gasteiger charge is 2.10. The summed E-state index contributed by atoms with van der Waals surface area (Å²) in [6.07, 6.45) is 0.445. The Morgan fingerprint density at radius 3 is 2.29 bits per heavy atom. The van der Waals surface area contributed by atoms with Crippen LogP contribution in [-0.4, -0.2) is 29.7 Å². The monoisotopic (exact) mass is 202 g/mol. The quantitative estimate of drug-likeness (QED) is 0.617. The SMILES string of the molecule is CC(C)NC(=O)NCCC(C)C(=O)O. The molecule has 0 aromatic carbocycles. The van der Waals surface area contributed by atoms with Gasteiger partial charge in [0.1, 0.15) is 0 Å². The Balaban J connectivity index is 3.54. The molecular formula is C9H18N2O3. The van der Waals surface area contributed by atoms with Crippen molar-refractivity contribution < 1.29 is 14.7 Å². The van der Waals surface area contributed by atoms with Crippen LogP contribution in [0.15, 0.2) is 0 Å². The fourth-order valence-corrected chi connectivity index (χ4v) is 0.839. The number of carbonyl (C=O) groups is 2. The molecule has 5 nitrogen and oxygen atoms in total. The van der Waals surface area contributed by atoms with Gasteiger partial charge in [-0.05, 0) is 20.3 Å². The van der Waals surface area contributed by atoms with Crippen LogP contribution < -0.4 is 10.6 Å². The average Bonchev–Trinajstić information content (AvgIpc) is 2.02. The number of rotatable bonds is 5. The third-order valence-corrected chi connectivity index (χ3v) is 1.70. The first-order chi connectivity index (χ1) is 6.43. The fraction of sp³-hybridized carbons (Fsp3) is 0.778. The molecule has 0 saturated heterocycles. The van der Waals surface area contributed by atoms with E-state index in [2.05, 4.69) is 10.6 Å². The van der Waals surface area contributed by atoms with Gasteiger partial charge in [0, 0.05) is 12.6 Å². The summed E-state index contributed by atoms with van der Waals surface area (Å²) in [5.41, 5.74) is 0. The van der Waals surface area contributed by atoms with Gasteiger partial charge in [-0.2, -0.15) is 0 Å².